The highest BCUT2D eigenvalue weighted by Crippen LogP contribution is 2.23. The molecule has 0 aliphatic heterocycles. The van der Waals surface area contributed by atoms with Crippen LogP contribution in [-0.2, 0) is 0 Å². The Morgan fingerprint density at radius 1 is 1.41 bits per heavy atom. The lowest BCUT2D eigenvalue weighted by Crippen LogP contribution is -2.13. The molecule has 17 heavy (non-hydrogen) atoms. The van der Waals surface area contributed by atoms with E-state index in [4.69, 9.17) is 11.6 Å². The number of hydrogen-bond acceptors (Lipinski definition) is 3. The molecule has 0 atom stereocenters. The lowest BCUT2D eigenvalue weighted by molar-refractivity contribution is 0.102. The zero-order valence-corrected chi connectivity index (χ0v) is 11.0. The van der Waals surface area contributed by atoms with E-state index in [1.165, 1.54) is 11.3 Å². The minimum Gasteiger partial charge on any atom is -0.320 e. The second-order valence-corrected chi connectivity index (χ2v) is 5.09. The van der Waals surface area contributed by atoms with Gasteiger partial charge in [-0.15, -0.1) is 11.3 Å². The molecule has 2 aromatic rings. The summed E-state index contributed by atoms with van der Waals surface area (Å²) in [4.78, 5) is 16.0. The number of anilines is 1. The Hall–Kier alpha value is -1.39. The molecule has 1 amide bonds. The fourth-order valence-corrected chi connectivity index (χ4v) is 2.16. The number of carbonyl (C=O) groups excluding carboxylic acids is 1. The lowest BCUT2D eigenvalue weighted by Gasteiger charge is -2.07. The Balaban J connectivity index is 2.21. The van der Waals surface area contributed by atoms with Crippen LogP contribution >= 0.6 is 22.9 Å². The normalized spacial score (nSPS) is 10.3. The molecular formula is C12H11ClN2OS. The van der Waals surface area contributed by atoms with Crippen molar-refractivity contribution >= 4 is 34.5 Å². The summed E-state index contributed by atoms with van der Waals surface area (Å²) in [5.41, 5.74) is 2.01. The third kappa shape index (κ3) is 2.65. The van der Waals surface area contributed by atoms with Gasteiger partial charge in [0.1, 0.15) is 5.69 Å². The Kier molecular flexibility index (Phi) is 3.45. The molecule has 0 unspecified atom stereocenters. The third-order valence-corrected chi connectivity index (χ3v) is 3.55. The van der Waals surface area contributed by atoms with Crippen LogP contribution in [0.1, 0.15) is 21.1 Å². The molecule has 3 nitrogen and oxygen atoms in total. The highest BCUT2D eigenvalue weighted by atomic mass is 35.5. The van der Waals surface area contributed by atoms with E-state index < -0.39 is 0 Å². The quantitative estimate of drug-likeness (QED) is 0.901. The van der Waals surface area contributed by atoms with Crippen molar-refractivity contribution in [1.29, 1.82) is 0 Å². The van der Waals surface area contributed by atoms with Crippen LogP contribution in [0.4, 0.5) is 5.69 Å². The van der Waals surface area contributed by atoms with Crippen LogP contribution in [-0.4, -0.2) is 10.9 Å². The molecular weight excluding hydrogens is 256 g/mol. The molecule has 1 aromatic heterocycles. The Morgan fingerprint density at radius 2 is 2.18 bits per heavy atom. The summed E-state index contributed by atoms with van der Waals surface area (Å²) >= 11 is 7.44. The largest absolute Gasteiger partial charge is 0.320 e. The van der Waals surface area contributed by atoms with E-state index in [0.717, 1.165) is 10.6 Å². The molecule has 0 spiro atoms. The van der Waals surface area contributed by atoms with Gasteiger partial charge in [0.15, 0.2) is 0 Å². The van der Waals surface area contributed by atoms with Gasteiger partial charge in [-0.2, -0.15) is 0 Å². The minimum absolute atomic E-state index is 0.209. The van der Waals surface area contributed by atoms with Gasteiger partial charge in [-0.3, -0.25) is 4.79 Å². The number of aryl methyl sites for hydroxylation is 1. The van der Waals surface area contributed by atoms with E-state index in [2.05, 4.69) is 10.3 Å². The maximum absolute atomic E-state index is 11.9. The van der Waals surface area contributed by atoms with Crippen molar-refractivity contribution in [2.45, 2.75) is 13.8 Å². The second-order valence-electron chi connectivity index (χ2n) is 3.62. The molecule has 0 saturated heterocycles. The van der Waals surface area contributed by atoms with Gasteiger partial charge in [0.2, 0.25) is 0 Å². The standard InChI is InChI=1S/C12H11ClN2OS/c1-7-9(13)4-3-5-10(7)15-12(16)11-6-17-8(2)14-11/h3-6H,1-2H3,(H,15,16). The highest BCUT2D eigenvalue weighted by Gasteiger charge is 2.11. The van der Waals surface area contributed by atoms with Crippen LogP contribution < -0.4 is 5.32 Å². The number of aromatic nitrogens is 1. The topological polar surface area (TPSA) is 42.0 Å². The van der Waals surface area contributed by atoms with Gasteiger partial charge in [0.25, 0.3) is 5.91 Å². The zero-order valence-electron chi connectivity index (χ0n) is 9.45. The predicted octanol–water partition coefficient (Wildman–Crippen LogP) is 3.67. The average Bonchev–Trinajstić information content (AvgIpc) is 2.72. The number of hydrogen-bond donors (Lipinski definition) is 1. The van der Waals surface area contributed by atoms with Crippen LogP contribution in [0.15, 0.2) is 23.6 Å². The van der Waals surface area contributed by atoms with Gasteiger partial charge in [-0.25, -0.2) is 4.98 Å². The van der Waals surface area contributed by atoms with E-state index in [1.54, 1.807) is 17.5 Å². The summed E-state index contributed by atoms with van der Waals surface area (Å²) in [5.74, 6) is -0.209. The Bertz CT molecular complexity index is 565. The fraction of sp³-hybridized carbons (Fsp3) is 0.167. The molecule has 5 heteroatoms. The predicted molar refractivity (Wildman–Crippen MR) is 71.0 cm³/mol. The number of thiazole rings is 1. The van der Waals surface area contributed by atoms with E-state index in [-0.39, 0.29) is 5.91 Å². The van der Waals surface area contributed by atoms with Crippen molar-refractivity contribution in [3.63, 3.8) is 0 Å². The van der Waals surface area contributed by atoms with Crippen LogP contribution in [0.25, 0.3) is 0 Å². The summed E-state index contributed by atoms with van der Waals surface area (Å²) in [5, 5.41) is 6.05. The van der Waals surface area contributed by atoms with E-state index in [1.807, 2.05) is 19.9 Å². The third-order valence-electron chi connectivity index (χ3n) is 2.37. The number of benzene rings is 1. The number of nitrogens with zero attached hydrogens (tertiary/aromatic N) is 1. The van der Waals surface area contributed by atoms with E-state index in [9.17, 15) is 4.79 Å². The maximum atomic E-state index is 11.9. The molecule has 88 valence electrons. The van der Waals surface area contributed by atoms with Gasteiger partial charge >= 0.3 is 0 Å². The summed E-state index contributed by atoms with van der Waals surface area (Å²) in [6.07, 6.45) is 0. The zero-order chi connectivity index (χ0) is 12.4. The molecule has 0 bridgehead atoms. The molecule has 1 N–H and O–H groups in total. The van der Waals surface area contributed by atoms with Crippen LogP contribution in [0.3, 0.4) is 0 Å². The monoisotopic (exact) mass is 266 g/mol. The molecule has 0 aliphatic carbocycles. The Morgan fingerprint density at radius 3 is 2.82 bits per heavy atom. The average molecular weight is 267 g/mol. The SMILES string of the molecule is Cc1nc(C(=O)Nc2cccc(Cl)c2C)cs1. The highest BCUT2D eigenvalue weighted by molar-refractivity contribution is 7.09. The second kappa shape index (κ2) is 4.85. The molecule has 0 fully saturated rings. The summed E-state index contributed by atoms with van der Waals surface area (Å²) in [6.45, 7) is 3.73. The number of amides is 1. The number of nitrogens with one attached hydrogen (secondary N) is 1. The van der Waals surface area contributed by atoms with Gasteiger partial charge in [-0.1, -0.05) is 17.7 Å². The summed E-state index contributed by atoms with van der Waals surface area (Å²) in [6, 6.07) is 5.41. The molecule has 1 aromatic carbocycles. The van der Waals surface area contributed by atoms with Crippen molar-refractivity contribution in [3.8, 4) is 0 Å². The molecule has 1 heterocycles. The first-order valence-corrected chi connectivity index (χ1v) is 6.32. The lowest BCUT2D eigenvalue weighted by atomic mass is 10.2. The van der Waals surface area contributed by atoms with Gasteiger partial charge in [-0.05, 0) is 31.5 Å². The van der Waals surface area contributed by atoms with Crippen LogP contribution in [0.2, 0.25) is 5.02 Å². The van der Waals surface area contributed by atoms with E-state index >= 15 is 0 Å². The fourth-order valence-electron chi connectivity index (χ4n) is 1.40. The van der Waals surface area contributed by atoms with E-state index in [0.29, 0.717) is 16.4 Å². The first kappa shape index (κ1) is 12.1. The summed E-state index contributed by atoms with van der Waals surface area (Å²) < 4.78 is 0. The Labute approximate surface area is 108 Å². The van der Waals surface area contributed by atoms with Gasteiger partial charge in [0.05, 0.1) is 5.01 Å². The molecule has 0 radical (unpaired) electrons. The van der Waals surface area contributed by atoms with Crippen molar-refractivity contribution < 1.29 is 4.79 Å². The van der Waals surface area contributed by atoms with Crippen molar-refractivity contribution in [1.82, 2.24) is 4.98 Å². The van der Waals surface area contributed by atoms with Crippen molar-refractivity contribution in [2.24, 2.45) is 0 Å². The number of rotatable bonds is 2. The van der Waals surface area contributed by atoms with Crippen LogP contribution in [0.5, 0.6) is 0 Å². The van der Waals surface area contributed by atoms with Gasteiger partial charge in [0, 0.05) is 16.1 Å². The number of halogens is 1. The van der Waals surface area contributed by atoms with Gasteiger partial charge < -0.3 is 5.32 Å². The first-order valence-electron chi connectivity index (χ1n) is 5.06. The van der Waals surface area contributed by atoms with Crippen molar-refractivity contribution in [3.05, 3.63) is 44.9 Å². The molecule has 0 saturated carbocycles. The van der Waals surface area contributed by atoms with Crippen LogP contribution in [0, 0.1) is 13.8 Å². The first-order chi connectivity index (χ1) is 8.08. The smallest absolute Gasteiger partial charge is 0.275 e. The maximum Gasteiger partial charge on any atom is 0.275 e. The molecule has 0 aliphatic rings. The number of carbonyl (C=O) groups is 1. The minimum atomic E-state index is -0.209. The molecule has 2 rings (SSSR count). The summed E-state index contributed by atoms with van der Waals surface area (Å²) in [7, 11) is 0. The van der Waals surface area contributed by atoms with Crippen molar-refractivity contribution in [2.75, 3.05) is 5.32 Å².